The van der Waals surface area contributed by atoms with Gasteiger partial charge in [-0.15, -0.1) is 0 Å². The van der Waals surface area contributed by atoms with Crippen molar-refractivity contribution in [2.45, 2.75) is 26.1 Å². The van der Waals surface area contributed by atoms with Crippen LogP contribution in [0.3, 0.4) is 0 Å². The molecule has 3 unspecified atom stereocenters. The summed E-state index contributed by atoms with van der Waals surface area (Å²) < 4.78 is 12.4. The summed E-state index contributed by atoms with van der Waals surface area (Å²) in [6.45, 7) is 2.77. The first-order valence-electron chi connectivity index (χ1n) is 3.09. The molecule has 3 atom stereocenters. The van der Waals surface area contributed by atoms with Crippen LogP contribution in [0.4, 0.5) is 4.39 Å². The first-order valence-corrected chi connectivity index (χ1v) is 3.09. The summed E-state index contributed by atoms with van der Waals surface area (Å²) >= 11 is 0. The first-order chi connectivity index (χ1) is 4.46. The molecule has 0 aromatic heterocycles. The van der Waals surface area contributed by atoms with Gasteiger partial charge in [0.1, 0.15) is 12.2 Å². The molecule has 0 bridgehead atoms. The number of hydrogen-bond donors (Lipinski definition) is 2. The average molecular weight is 149 g/mol. The zero-order valence-corrected chi connectivity index (χ0v) is 6.04. The van der Waals surface area contributed by atoms with Gasteiger partial charge in [-0.05, 0) is 6.92 Å². The minimum Gasteiger partial charge on any atom is -0.480 e. The fraction of sp³-hybridized carbons (Fsp3) is 0.833. The molecule has 0 radical (unpaired) electrons. The molecule has 0 aliphatic rings. The van der Waals surface area contributed by atoms with Gasteiger partial charge in [-0.1, -0.05) is 6.92 Å². The quantitative estimate of drug-likeness (QED) is 0.610. The molecule has 0 aliphatic heterocycles. The summed E-state index contributed by atoms with van der Waals surface area (Å²) in [5.41, 5.74) is 5.12. The molecule has 3 N–H and O–H groups in total. The van der Waals surface area contributed by atoms with Gasteiger partial charge in [-0.2, -0.15) is 0 Å². The second-order valence-electron chi connectivity index (χ2n) is 2.40. The molecule has 0 rings (SSSR count). The second kappa shape index (κ2) is 3.51. The van der Waals surface area contributed by atoms with E-state index in [1.807, 2.05) is 0 Å². The van der Waals surface area contributed by atoms with Crippen LogP contribution in [0.2, 0.25) is 0 Å². The van der Waals surface area contributed by atoms with Crippen molar-refractivity contribution in [1.29, 1.82) is 0 Å². The Bertz CT molecular complexity index is 127. The molecule has 0 heterocycles. The van der Waals surface area contributed by atoms with Gasteiger partial charge in [0, 0.05) is 5.92 Å². The van der Waals surface area contributed by atoms with E-state index in [2.05, 4.69) is 0 Å². The number of carboxylic acid groups (broad SMARTS) is 1. The average Bonchev–Trinajstić information content (AvgIpc) is 1.84. The van der Waals surface area contributed by atoms with Crippen LogP contribution in [0.15, 0.2) is 0 Å². The third-order valence-electron chi connectivity index (χ3n) is 1.58. The molecule has 0 fully saturated rings. The van der Waals surface area contributed by atoms with E-state index in [9.17, 15) is 9.18 Å². The minimum absolute atomic E-state index is 0.627. The smallest absolute Gasteiger partial charge is 0.320 e. The number of hydrogen-bond acceptors (Lipinski definition) is 2. The number of rotatable bonds is 3. The van der Waals surface area contributed by atoms with E-state index in [-0.39, 0.29) is 0 Å². The highest BCUT2D eigenvalue weighted by Gasteiger charge is 2.24. The Morgan fingerprint density at radius 3 is 2.10 bits per heavy atom. The molecule has 4 heteroatoms. The van der Waals surface area contributed by atoms with E-state index in [0.29, 0.717) is 0 Å². The van der Waals surface area contributed by atoms with E-state index in [1.54, 1.807) is 0 Å². The molecule has 60 valence electrons. The highest BCUT2D eigenvalue weighted by Crippen LogP contribution is 2.09. The van der Waals surface area contributed by atoms with Crippen molar-refractivity contribution < 1.29 is 14.3 Å². The fourth-order valence-corrected chi connectivity index (χ4v) is 0.511. The number of carbonyl (C=O) groups is 1. The third kappa shape index (κ3) is 2.31. The molecule has 0 amide bonds. The standard InChI is InChI=1S/C6H12FNO2/c1-3(4(2)7)5(8)6(9)10/h3-5H,8H2,1-2H3,(H,9,10). The van der Waals surface area contributed by atoms with Gasteiger partial charge in [0.05, 0.1) is 0 Å². The normalized spacial score (nSPS) is 19.6. The predicted octanol–water partition coefficient (Wildman–Crippen LogP) is 0.392. The Hall–Kier alpha value is -0.640. The van der Waals surface area contributed by atoms with Crippen LogP contribution < -0.4 is 5.73 Å². The second-order valence-corrected chi connectivity index (χ2v) is 2.40. The molecule has 0 aromatic rings. The Balaban J connectivity index is 3.94. The predicted molar refractivity (Wildman–Crippen MR) is 35.3 cm³/mol. The molecule has 0 aliphatic carbocycles. The highest BCUT2D eigenvalue weighted by atomic mass is 19.1. The molecule has 0 aromatic carbocycles. The number of alkyl halides is 1. The zero-order valence-electron chi connectivity index (χ0n) is 6.04. The van der Waals surface area contributed by atoms with Crippen molar-refractivity contribution in [2.75, 3.05) is 0 Å². The Kier molecular flexibility index (Phi) is 3.28. The molecule has 0 saturated heterocycles. The number of nitrogens with two attached hydrogens (primary N) is 1. The molecule has 0 saturated carbocycles. The van der Waals surface area contributed by atoms with Gasteiger partial charge >= 0.3 is 5.97 Å². The summed E-state index contributed by atoms with van der Waals surface area (Å²) in [6, 6.07) is -1.10. The van der Waals surface area contributed by atoms with Crippen LogP contribution in [0, 0.1) is 5.92 Å². The van der Waals surface area contributed by atoms with Crippen molar-refractivity contribution in [1.82, 2.24) is 0 Å². The first kappa shape index (κ1) is 9.36. The van der Waals surface area contributed by atoms with Crippen LogP contribution in [-0.4, -0.2) is 23.3 Å². The minimum atomic E-state index is -1.17. The fourth-order valence-electron chi connectivity index (χ4n) is 0.511. The summed E-state index contributed by atoms with van der Waals surface area (Å²) in [7, 11) is 0. The van der Waals surface area contributed by atoms with Gasteiger partial charge in [-0.3, -0.25) is 4.79 Å². The lowest BCUT2D eigenvalue weighted by Crippen LogP contribution is -2.40. The van der Waals surface area contributed by atoms with E-state index < -0.39 is 24.1 Å². The van der Waals surface area contributed by atoms with Gasteiger partial charge in [0.25, 0.3) is 0 Å². The summed E-state index contributed by atoms with van der Waals surface area (Å²) in [4.78, 5) is 10.2. The van der Waals surface area contributed by atoms with Crippen molar-refractivity contribution >= 4 is 5.97 Å². The van der Waals surface area contributed by atoms with Crippen LogP contribution in [0.5, 0.6) is 0 Å². The molecular formula is C6H12FNO2. The maximum atomic E-state index is 12.4. The summed E-state index contributed by atoms with van der Waals surface area (Å²) in [6.07, 6.45) is -1.17. The van der Waals surface area contributed by atoms with Gasteiger partial charge in [0.2, 0.25) is 0 Å². The maximum absolute atomic E-state index is 12.4. The van der Waals surface area contributed by atoms with Gasteiger partial charge < -0.3 is 10.8 Å². The van der Waals surface area contributed by atoms with Crippen LogP contribution in [-0.2, 0) is 4.79 Å². The third-order valence-corrected chi connectivity index (χ3v) is 1.58. The maximum Gasteiger partial charge on any atom is 0.320 e. The number of aliphatic carboxylic acids is 1. The van der Waals surface area contributed by atoms with E-state index >= 15 is 0 Å². The Morgan fingerprint density at radius 1 is 1.60 bits per heavy atom. The van der Waals surface area contributed by atoms with Gasteiger partial charge in [0.15, 0.2) is 0 Å². The monoisotopic (exact) mass is 149 g/mol. The number of carboxylic acids is 1. The molecular weight excluding hydrogens is 137 g/mol. The van der Waals surface area contributed by atoms with E-state index in [4.69, 9.17) is 10.8 Å². The lowest BCUT2D eigenvalue weighted by atomic mass is 9.99. The highest BCUT2D eigenvalue weighted by molar-refractivity contribution is 5.73. The zero-order chi connectivity index (χ0) is 8.31. The van der Waals surface area contributed by atoms with Gasteiger partial charge in [-0.25, -0.2) is 4.39 Å². The Labute approximate surface area is 59.0 Å². The van der Waals surface area contributed by atoms with Crippen LogP contribution in [0.1, 0.15) is 13.8 Å². The summed E-state index contributed by atoms with van der Waals surface area (Å²) in [5.74, 6) is -1.78. The SMILES string of the molecule is CC(F)C(C)C(N)C(=O)O. The topological polar surface area (TPSA) is 63.3 Å². The lowest BCUT2D eigenvalue weighted by Gasteiger charge is -2.16. The molecule has 3 nitrogen and oxygen atoms in total. The van der Waals surface area contributed by atoms with Crippen molar-refractivity contribution in [3.63, 3.8) is 0 Å². The number of halogens is 1. The molecule has 10 heavy (non-hydrogen) atoms. The van der Waals surface area contributed by atoms with Crippen LogP contribution in [0.25, 0.3) is 0 Å². The van der Waals surface area contributed by atoms with Crippen molar-refractivity contribution in [3.05, 3.63) is 0 Å². The van der Waals surface area contributed by atoms with E-state index in [0.717, 1.165) is 0 Å². The largest absolute Gasteiger partial charge is 0.480 e. The van der Waals surface area contributed by atoms with Crippen molar-refractivity contribution in [2.24, 2.45) is 11.7 Å². The molecule has 0 spiro atoms. The van der Waals surface area contributed by atoms with E-state index in [1.165, 1.54) is 13.8 Å². The van der Waals surface area contributed by atoms with Crippen molar-refractivity contribution in [3.8, 4) is 0 Å². The summed E-state index contributed by atoms with van der Waals surface area (Å²) in [5, 5.41) is 8.31. The lowest BCUT2D eigenvalue weighted by molar-refractivity contribution is -0.140. The Morgan fingerprint density at radius 2 is 2.00 bits per heavy atom. The van der Waals surface area contributed by atoms with Crippen LogP contribution >= 0.6 is 0 Å².